The minimum absolute atomic E-state index is 0.0150. The molecule has 0 radical (unpaired) electrons. The van der Waals surface area contributed by atoms with Crippen LogP contribution in [0.3, 0.4) is 0 Å². The van der Waals surface area contributed by atoms with Crippen LogP contribution >= 0.6 is 0 Å². The molecule has 5 nitrogen and oxygen atoms in total. The highest BCUT2D eigenvalue weighted by atomic mass is 16.5. The van der Waals surface area contributed by atoms with Crippen LogP contribution in [-0.2, 0) is 11.3 Å². The number of carbonyl (C=O) groups is 1. The Bertz CT molecular complexity index is 361. The number of ketones is 1. The molecular weight excluding hydrogens is 220 g/mol. The predicted octanol–water partition coefficient (Wildman–Crippen LogP) is 1.91. The van der Waals surface area contributed by atoms with Gasteiger partial charge in [-0.1, -0.05) is 6.92 Å². The molecule has 1 aromatic heterocycles. The Kier molecular flexibility index (Phi) is 5.69. The third-order valence-electron chi connectivity index (χ3n) is 2.40. The zero-order valence-electron chi connectivity index (χ0n) is 10.7. The van der Waals surface area contributed by atoms with E-state index in [-0.39, 0.29) is 5.78 Å². The maximum atomic E-state index is 12.0. The number of aryl methyl sites for hydroxylation is 1. The van der Waals surface area contributed by atoms with Crippen LogP contribution in [0, 0.1) is 0 Å². The van der Waals surface area contributed by atoms with Gasteiger partial charge in [-0.15, -0.1) is 0 Å². The van der Waals surface area contributed by atoms with Crippen LogP contribution in [-0.4, -0.2) is 35.9 Å². The number of Topliss-reactive ketones (excluding diaryl/α,β-unsaturated/α-hetero) is 1. The summed E-state index contributed by atoms with van der Waals surface area (Å²) in [6, 6.07) is 0. The molecule has 1 aromatic rings. The maximum absolute atomic E-state index is 12.0. The van der Waals surface area contributed by atoms with Crippen LogP contribution in [0.15, 0.2) is 6.20 Å². The number of carbonyl (C=O) groups excluding carboxylic acids is 1. The lowest BCUT2D eigenvalue weighted by Crippen LogP contribution is -2.13. The summed E-state index contributed by atoms with van der Waals surface area (Å²) < 4.78 is 12.0. The highest BCUT2D eigenvalue weighted by Crippen LogP contribution is 2.19. The van der Waals surface area contributed by atoms with Gasteiger partial charge in [-0.05, 0) is 13.3 Å². The molecular formula is C12H20N2O3. The van der Waals surface area contributed by atoms with E-state index in [4.69, 9.17) is 9.47 Å². The molecule has 0 atom stereocenters. The first-order valence-corrected chi connectivity index (χ1v) is 5.95. The summed E-state index contributed by atoms with van der Waals surface area (Å²) in [7, 11) is 1.55. The smallest absolute Gasteiger partial charge is 0.186 e. The molecule has 0 amide bonds. The molecule has 17 heavy (non-hydrogen) atoms. The fraction of sp³-hybridized carbons (Fsp3) is 0.667. The first kappa shape index (κ1) is 13.7. The van der Waals surface area contributed by atoms with Crippen LogP contribution in [0.2, 0.25) is 0 Å². The minimum Gasteiger partial charge on any atom is -0.493 e. The summed E-state index contributed by atoms with van der Waals surface area (Å²) in [5, 5.41) is 4.16. The van der Waals surface area contributed by atoms with Crippen molar-refractivity contribution >= 4 is 5.78 Å². The number of hydrogen-bond acceptors (Lipinski definition) is 4. The molecule has 1 rings (SSSR count). The zero-order chi connectivity index (χ0) is 12.7. The van der Waals surface area contributed by atoms with Gasteiger partial charge in [0.1, 0.15) is 5.69 Å². The van der Waals surface area contributed by atoms with E-state index in [0.717, 1.165) is 13.0 Å². The first-order valence-electron chi connectivity index (χ1n) is 5.95. The fourth-order valence-electron chi connectivity index (χ4n) is 1.61. The van der Waals surface area contributed by atoms with Crippen molar-refractivity contribution in [2.45, 2.75) is 33.2 Å². The summed E-state index contributed by atoms with van der Waals surface area (Å²) in [4.78, 5) is 12.0. The molecule has 0 unspecified atom stereocenters. The van der Waals surface area contributed by atoms with Crippen molar-refractivity contribution in [3.8, 4) is 5.75 Å². The van der Waals surface area contributed by atoms with Crippen LogP contribution in [0.5, 0.6) is 5.75 Å². The highest BCUT2D eigenvalue weighted by Gasteiger charge is 2.18. The fourth-order valence-corrected chi connectivity index (χ4v) is 1.61. The van der Waals surface area contributed by atoms with E-state index in [1.54, 1.807) is 18.0 Å². The average molecular weight is 240 g/mol. The van der Waals surface area contributed by atoms with E-state index in [1.165, 1.54) is 0 Å². The Morgan fingerprint density at radius 2 is 2.24 bits per heavy atom. The van der Waals surface area contributed by atoms with Crippen LogP contribution in [0.1, 0.15) is 37.2 Å². The van der Waals surface area contributed by atoms with Crippen molar-refractivity contribution in [3.05, 3.63) is 11.9 Å². The van der Waals surface area contributed by atoms with Gasteiger partial charge in [-0.3, -0.25) is 9.48 Å². The Hall–Kier alpha value is -1.36. The standard InChI is InChI=1S/C12H20N2O3/c1-4-7-14-12(11(16-3)9-13-14)10(15)6-8-17-5-2/h9H,4-8H2,1-3H3. The second-order valence-corrected chi connectivity index (χ2v) is 3.65. The minimum atomic E-state index is 0.0150. The van der Waals surface area contributed by atoms with Crippen molar-refractivity contribution in [1.29, 1.82) is 0 Å². The van der Waals surface area contributed by atoms with Crippen molar-refractivity contribution in [2.24, 2.45) is 0 Å². The molecule has 5 heteroatoms. The molecule has 96 valence electrons. The quantitative estimate of drug-likeness (QED) is 0.514. The summed E-state index contributed by atoms with van der Waals surface area (Å²) >= 11 is 0. The number of aromatic nitrogens is 2. The SMILES string of the molecule is CCCn1ncc(OC)c1C(=O)CCOCC. The summed E-state index contributed by atoms with van der Waals surface area (Å²) in [6.45, 7) is 5.74. The van der Waals surface area contributed by atoms with Gasteiger partial charge in [0.15, 0.2) is 11.5 Å². The number of methoxy groups -OCH3 is 1. The van der Waals surface area contributed by atoms with E-state index in [0.29, 0.717) is 31.1 Å². The number of hydrogen-bond donors (Lipinski definition) is 0. The molecule has 0 aliphatic rings. The van der Waals surface area contributed by atoms with Gasteiger partial charge in [0.05, 0.1) is 19.9 Å². The lowest BCUT2D eigenvalue weighted by Gasteiger charge is -2.07. The zero-order valence-corrected chi connectivity index (χ0v) is 10.7. The van der Waals surface area contributed by atoms with Gasteiger partial charge >= 0.3 is 0 Å². The van der Waals surface area contributed by atoms with Crippen molar-refractivity contribution in [3.63, 3.8) is 0 Å². The van der Waals surface area contributed by atoms with Gasteiger partial charge in [-0.25, -0.2) is 0 Å². The monoisotopic (exact) mass is 240 g/mol. The number of ether oxygens (including phenoxy) is 2. The normalized spacial score (nSPS) is 10.5. The summed E-state index contributed by atoms with van der Waals surface area (Å²) in [5.74, 6) is 0.557. The Morgan fingerprint density at radius 3 is 2.82 bits per heavy atom. The lowest BCUT2D eigenvalue weighted by molar-refractivity contribution is 0.0882. The Morgan fingerprint density at radius 1 is 1.47 bits per heavy atom. The molecule has 0 saturated carbocycles. The summed E-state index contributed by atoms with van der Waals surface area (Å²) in [5.41, 5.74) is 0.550. The lowest BCUT2D eigenvalue weighted by atomic mass is 10.2. The molecule has 0 fully saturated rings. The van der Waals surface area contributed by atoms with Crippen LogP contribution in [0.4, 0.5) is 0 Å². The van der Waals surface area contributed by atoms with Crippen molar-refractivity contribution in [2.75, 3.05) is 20.3 Å². The van der Waals surface area contributed by atoms with E-state index < -0.39 is 0 Å². The Labute approximate surface area is 102 Å². The first-order chi connectivity index (χ1) is 8.24. The Balaban J connectivity index is 2.77. The third kappa shape index (κ3) is 3.56. The molecule has 0 spiro atoms. The second-order valence-electron chi connectivity index (χ2n) is 3.65. The van der Waals surface area contributed by atoms with E-state index in [1.807, 2.05) is 13.8 Å². The van der Waals surface area contributed by atoms with Crippen LogP contribution in [0.25, 0.3) is 0 Å². The van der Waals surface area contributed by atoms with E-state index in [9.17, 15) is 4.79 Å². The predicted molar refractivity (Wildman–Crippen MR) is 64.5 cm³/mol. The second kappa shape index (κ2) is 7.06. The third-order valence-corrected chi connectivity index (χ3v) is 2.40. The average Bonchev–Trinajstić information content (AvgIpc) is 2.73. The topological polar surface area (TPSA) is 53.4 Å². The van der Waals surface area contributed by atoms with E-state index in [2.05, 4.69) is 5.10 Å². The van der Waals surface area contributed by atoms with Crippen LogP contribution < -0.4 is 4.74 Å². The van der Waals surface area contributed by atoms with Crippen molar-refractivity contribution in [1.82, 2.24) is 9.78 Å². The molecule has 1 heterocycles. The van der Waals surface area contributed by atoms with Gasteiger partial charge in [0, 0.05) is 19.6 Å². The largest absolute Gasteiger partial charge is 0.493 e. The van der Waals surface area contributed by atoms with Gasteiger partial charge in [-0.2, -0.15) is 5.10 Å². The van der Waals surface area contributed by atoms with Gasteiger partial charge in [0.2, 0.25) is 0 Å². The van der Waals surface area contributed by atoms with Gasteiger partial charge in [0.25, 0.3) is 0 Å². The van der Waals surface area contributed by atoms with Gasteiger partial charge < -0.3 is 9.47 Å². The molecule has 0 N–H and O–H groups in total. The maximum Gasteiger partial charge on any atom is 0.186 e. The molecule has 0 aliphatic carbocycles. The summed E-state index contributed by atoms with van der Waals surface area (Å²) in [6.07, 6.45) is 2.87. The molecule has 0 saturated heterocycles. The highest BCUT2D eigenvalue weighted by molar-refractivity contribution is 5.97. The molecule has 0 aliphatic heterocycles. The number of rotatable bonds is 8. The number of nitrogens with zero attached hydrogens (tertiary/aromatic N) is 2. The van der Waals surface area contributed by atoms with E-state index >= 15 is 0 Å². The van der Waals surface area contributed by atoms with Crippen molar-refractivity contribution < 1.29 is 14.3 Å². The molecule has 0 aromatic carbocycles. The molecule has 0 bridgehead atoms.